The van der Waals surface area contributed by atoms with Crippen LogP contribution >= 0.6 is 34.5 Å². The van der Waals surface area contributed by atoms with Crippen LogP contribution in [0.1, 0.15) is 29.6 Å². The van der Waals surface area contributed by atoms with Crippen LogP contribution in [0, 0.1) is 5.92 Å². The highest BCUT2D eigenvalue weighted by Gasteiger charge is 2.21. The molecule has 0 N–H and O–H groups in total. The minimum atomic E-state index is 0.0973. The number of ketones is 1. The number of thiophene rings is 1. The lowest BCUT2D eigenvalue weighted by molar-refractivity contribution is 0.0601. The van der Waals surface area contributed by atoms with Crippen molar-refractivity contribution in [2.45, 2.75) is 19.3 Å². The Morgan fingerprint density at radius 3 is 2.69 bits per heavy atom. The maximum atomic E-state index is 12.0. The predicted octanol–water partition coefficient (Wildman–Crippen LogP) is 4.05. The monoisotopic (exact) mass is 278 g/mol. The Morgan fingerprint density at radius 1 is 1.44 bits per heavy atom. The molecule has 0 aliphatic carbocycles. The van der Waals surface area contributed by atoms with Gasteiger partial charge < -0.3 is 4.74 Å². The molecule has 1 saturated heterocycles. The Morgan fingerprint density at radius 2 is 2.12 bits per heavy atom. The van der Waals surface area contributed by atoms with E-state index < -0.39 is 0 Å². The summed E-state index contributed by atoms with van der Waals surface area (Å²) in [6, 6.07) is 1.66. The van der Waals surface area contributed by atoms with Crippen LogP contribution in [-0.2, 0) is 4.74 Å². The van der Waals surface area contributed by atoms with Crippen molar-refractivity contribution in [2.75, 3.05) is 13.2 Å². The molecule has 2 heterocycles. The van der Waals surface area contributed by atoms with E-state index in [1.165, 1.54) is 11.3 Å². The van der Waals surface area contributed by atoms with Crippen LogP contribution in [0.5, 0.6) is 0 Å². The second kappa shape index (κ2) is 5.50. The van der Waals surface area contributed by atoms with Crippen molar-refractivity contribution in [3.8, 4) is 0 Å². The number of hydrogen-bond acceptors (Lipinski definition) is 3. The summed E-state index contributed by atoms with van der Waals surface area (Å²) in [5.41, 5.74) is 0.572. The third-order valence-electron chi connectivity index (χ3n) is 2.77. The molecule has 0 amide bonds. The Kier molecular flexibility index (Phi) is 4.25. The lowest BCUT2D eigenvalue weighted by Crippen LogP contribution is -2.18. The number of halogens is 2. The average Bonchev–Trinajstić information content (AvgIpc) is 2.59. The first-order chi connectivity index (χ1) is 7.66. The molecule has 88 valence electrons. The Bertz CT molecular complexity index is 383. The van der Waals surface area contributed by atoms with Crippen LogP contribution in [0.2, 0.25) is 8.67 Å². The number of ether oxygens (including phenoxy) is 1. The standard InChI is InChI=1S/C11H12Cl2O2S/c12-10-6-8(11(13)16-10)9(14)5-7-1-3-15-4-2-7/h6-7H,1-5H2. The van der Waals surface area contributed by atoms with Crippen LogP contribution < -0.4 is 0 Å². The summed E-state index contributed by atoms with van der Waals surface area (Å²) in [4.78, 5) is 12.0. The summed E-state index contributed by atoms with van der Waals surface area (Å²) < 4.78 is 6.33. The molecule has 1 aromatic heterocycles. The fraction of sp³-hybridized carbons (Fsp3) is 0.545. The maximum absolute atomic E-state index is 12.0. The van der Waals surface area contributed by atoms with Crippen molar-refractivity contribution in [1.29, 1.82) is 0 Å². The van der Waals surface area contributed by atoms with Crippen LogP contribution in [0.25, 0.3) is 0 Å². The van der Waals surface area contributed by atoms with Gasteiger partial charge in [0.2, 0.25) is 0 Å². The second-order valence-electron chi connectivity index (χ2n) is 3.92. The zero-order valence-corrected chi connectivity index (χ0v) is 11.0. The first-order valence-corrected chi connectivity index (χ1v) is 6.80. The molecule has 0 atom stereocenters. The van der Waals surface area contributed by atoms with Crippen molar-refractivity contribution >= 4 is 40.3 Å². The Balaban J connectivity index is 1.99. The van der Waals surface area contributed by atoms with Crippen LogP contribution in [0.15, 0.2) is 6.07 Å². The molecule has 1 aliphatic heterocycles. The van der Waals surface area contributed by atoms with Gasteiger partial charge in [0.25, 0.3) is 0 Å². The quantitative estimate of drug-likeness (QED) is 0.780. The molecule has 16 heavy (non-hydrogen) atoms. The molecule has 0 aromatic carbocycles. The molecule has 1 fully saturated rings. The van der Waals surface area contributed by atoms with Gasteiger partial charge in [0.05, 0.1) is 4.34 Å². The van der Waals surface area contributed by atoms with Gasteiger partial charge in [0, 0.05) is 25.2 Å². The van der Waals surface area contributed by atoms with Gasteiger partial charge in [-0.25, -0.2) is 0 Å². The van der Waals surface area contributed by atoms with Gasteiger partial charge in [-0.1, -0.05) is 23.2 Å². The number of hydrogen-bond donors (Lipinski definition) is 0. The average molecular weight is 279 g/mol. The molecule has 1 aromatic rings. The lowest BCUT2D eigenvalue weighted by atomic mass is 9.93. The zero-order chi connectivity index (χ0) is 11.5. The molecular weight excluding hydrogens is 267 g/mol. The van der Waals surface area contributed by atoms with Gasteiger partial charge in [-0.2, -0.15) is 0 Å². The van der Waals surface area contributed by atoms with E-state index in [0.717, 1.165) is 26.1 Å². The molecule has 0 bridgehead atoms. The third kappa shape index (κ3) is 2.98. The van der Waals surface area contributed by atoms with E-state index in [1.807, 2.05) is 0 Å². The summed E-state index contributed by atoms with van der Waals surface area (Å²) in [5, 5.41) is 0. The number of carbonyl (C=O) groups excluding carboxylic acids is 1. The Hall–Kier alpha value is -0.0900. The minimum Gasteiger partial charge on any atom is -0.381 e. The maximum Gasteiger partial charge on any atom is 0.165 e. The van der Waals surface area contributed by atoms with E-state index in [9.17, 15) is 4.79 Å². The second-order valence-corrected chi connectivity index (χ2v) is 6.21. The molecular formula is C11H12Cl2O2S. The summed E-state index contributed by atoms with van der Waals surface area (Å²) in [5.74, 6) is 0.524. The first-order valence-electron chi connectivity index (χ1n) is 5.22. The van der Waals surface area contributed by atoms with Crippen molar-refractivity contribution in [2.24, 2.45) is 5.92 Å². The molecule has 0 saturated carbocycles. The van der Waals surface area contributed by atoms with Gasteiger partial charge in [-0.15, -0.1) is 11.3 Å². The predicted molar refractivity (Wildman–Crippen MR) is 66.8 cm³/mol. The number of rotatable bonds is 3. The number of Topliss-reactive ketones (excluding diaryl/α,β-unsaturated/α-hetero) is 1. The van der Waals surface area contributed by atoms with Crippen molar-refractivity contribution in [1.82, 2.24) is 0 Å². The fourth-order valence-corrected chi connectivity index (χ4v) is 3.35. The first kappa shape index (κ1) is 12.4. The van der Waals surface area contributed by atoms with Gasteiger partial charge in [0.1, 0.15) is 4.34 Å². The highest BCUT2D eigenvalue weighted by molar-refractivity contribution is 7.20. The highest BCUT2D eigenvalue weighted by atomic mass is 35.5. The van der Waals surface area contributed by atoms with Crippen LogP contribution in [-0.4, -0.2) is 19.0 Å². The smallest absolute Gasteiger partial charge is 0.165 e. The summed E-state index contributed by atoms with van der Waals surface area (Å²) in [7, 11) is 0. The van der Waals surface area contributed by atoms with Crippen LogP contribution in [0.3, 0.4) is 0 Å². The summed E-state index contributed by atoms with van der Waals surface area (Å²) >= 11 is 13.0. The van der Waals surface area contributed by atoms with E-state index in [4.69, 9.17) is 27.9 Å². The molecule has 2 nitrogen and oxygen atoms in total. The third-order valence-corrected chi connectivity index (χ3v) is 4.26. The van der Waals surface area contributed by atoms with E-state index in [1.54, 1.807) is 6.07 Å². The molecule has 1 aliphatic rings. The van der Waals surface area contributed by atoms with Gasteiger partial charge in [0.15, 0.2) is 5.78 Å². The summed E-state index contributed by atoms with van der Waals surface area (Å²) in [6.45, 7) is 1.52. The molecule has 2 rings (SSSR count). The van der Waals surface area contributed by atoms with E-state index in [-0.39, 0.29) is 5.78 Å². The van der Waals surface area contributed by atoms with E-state index in [2.05, 4.69) is 0 Å². The van der Waals surface area contributed by atoms with E-state index in [0.29, 0.717) is 26.6 Å². The van der Waals surface area contributed by atoms with Crippen molar-refractivity contribution in [3.05, 3.63) is 20.3 Å². The molecule has 0 unspecified atom stereocenters. The highest BCUT2D eigenvalue weighted by Crippen LogP contribution is 2.33. The number of carbonyl (C=O) groups is 1. The normalized spacial score (nSPS) is 17.6. The van der Waals surface area contributed by atoms with Crippen LogP contribution in [0.4, 0.5) is 0 Å². The van der Waals surface area contributed by atoms with Crippen molar-refractivity contribution < 1.29 is 9.53 Å². The topological polar surface area (TPSA) is 26.3 Å². The van der Waals surface area contributed by atoms with Gasteiger partial charge >= 0.3 is 0 Å². The Labute approximate surface area is 109 Å². The molecule has 0 radical (unpaired) electrons. The lowest BCUT2D eigenvalue weighted by Gasteiger charge is -2.20. The van der Waals surface area contributed by atoms with Gasteiger partial charge in [-0.3, -0.25) is 4.79 Å². The largest absolute Gasteiger partial charge is 0.381 e. The molecule has 5 heteroatoms. The summed E-state index contributed by atoms with van der Waals surface area (Å²) in [6.07, 6.45) is 2.47. The SMILES string of the molecule is O=C(CC1CCOCC1)c1cc(Cl)sc1Cl. The molecule has 0 spiro atoms. The minimum absolute atomic E-state index is 0.0973. The van der Waals surface area contributed by atoms with Gasteiger partial charge in [-0.05, 0) is 24.8 Å². The van der Waals surface area contributed by atoms with E-state index >= 15 is 0 Å². The van der Waals surface area contributed by atoms with Crippen molar-refractivity contribution in [3.63, 3.8) is 0 Å². The zero-order valence-electron chi connectivity index (χ0n) is 8.67. The fourth-order valence-electron chi connectivity index (χ4n) is 1.85.